The van der Waals surface area contributed by atoms with Gasteiger partial charge < -0.3 is 18.9 Å². The zero-order valence-corrected chi connectivity index (χ0v) is 8.86. The summed E-state index contributed by atoms with van der Waals surface area (Å²) in [7, 11) is 1.61. The highest BCUT2D eigenvalue weighted by atomic mass is 16.7. The van der Waals surface area contributed by atoms with Crippen molar-refractivity contribution in [1.29, 1.82) is 0 Å². The Balaban J connectivity index is 3.15. The molecule has 14 heavy (non-hydrogen) atoms. The van der Waals surface area contributed by atoms with Crippen LogP contribution in [-0.2, 0) is 24.1 Å². The van der Waals surface area contributed by atoms with E-state index in [1.165, 1.54) is 0 Å². The third-order valence-corrected chi connectivity index (χ3v) is 1.45. The quantitative estimate of drug-likeness (QED) is 0.386. The monoisotopic (exact) mass is 207 g/mol. The molecule has 1 unspecified atom stereocenters. The molecule has 0 saturated carbocycles. The van der Waals surface area contributed by atoms with E-state index in [9.17, 15) is 5.11 Å². The van der Waals surface area contributed by atoms with Gasteiger partial charge >= 0.3 is 0 Å². The Morgan fingerprint density at radius 1 is 1.07 bits per heavy atom. The lowest BCUT2D eigenvalue weighted by atomic mass is 10.6. The molecule has 0 N–H and O–H groups in total. The fraction of sp³-hybridized carbons (Fsp3) is 1.00. The van der Waals surface area contributed by atoms with Crippen molar-refractivity contribution in [1.82, 2.24) is 0 Å². The largest absolute Gasteiger partial charge is 0.382 e. The topological polar surface area (TPSA) is 56.8 Å². The Morgan fingerprint density at radius 3 is 2.36 bits per heavy atom. The van der Waals surface area contributed by atoms with Crippen LogP contribution in [-0.4, -0.2) is 53.0 Å². The summed E-state index contributed by atoms with van der Waals surface area (Å²) >= 11 is 0. The van der Waals surface area contributed by atoms with E-state index in [1.54, 1.807) is 7.11 Å². The standard InChI is InChI=1S/C9H19O5/c1-3-13-9(8-10)14-7-6-12-5-4-11-2/h9H,3-8H2,1-2H3. The Hall–Kier alpha value is -0.200. The molecule has 0 aromatic carbocycles. The van der Waals surface area contributed by atoms with E-state index < -0.39 is 6.29 Å². The van der Waals surface area contributed by atoms with E-state index in [4.69, 9.17) is 18.9 Å². The Kier molecular flexibility index (Phi) is 10.7. The first-order valence-corrected chi connectivity index (χ1v) is 4.73. The predicted octanol–water partition coefficient (Wildman–Crippen LogP) is 0.459. The minimum atomic E-state index is -0.647. The summed E-state index contributed by atoms with van der Waals surface area (Å²) in [6.07, 6.45) is -0.647. The van der Waals surface area contributed by atoms with Crippen molar-refractivity contribution in [3.05, 3.63) is 0 Å². The number of rotatable bonds is 10. The first kappa shape index (κ1) is 13.8. The molecule has 0 aliphatic rings. The molecule has 0 rings (SSSR count). The van der Waals surface area contributed by atoms with Crippen molar-refractivity contribution in [2.24, 2.45) is 0 Å². The SMILES string of the molecule is CCOC(C[O])OCCOCCOC. The lowest BCUT2D eigenvalue weighted by Gasteiger charge is -2.14. The van der Waals surface area contributed by atoms with Crippen molar-refractivity contribution in [2.45, 2.75) is 13.2 Å². The second-order valence-electron chi connectivity index (χ2n) is 2.53. The first-order chi connectivity index (χ1) is 6.85. The summed E-state index contributed by atoms with van der Waals surface area (Å²) in [5, 5.41) is 10.5. The van der Waals surface area contributed by atoms with Gasteiger partial charge in [-0.3, -0.25) is 0 Å². The predicted molar refractivity (Wildman–Crippen MR) is 49.6 cm³/mol. The summed E-state index contributed by atoms with van der Waals surface area (Å²) in [6, 6.07) is 0. The highest BCUT2D eigenvalue weighted by molar-refractivity contribution is 4.39. The molecule has 85 valence electrons. The normalized spacial score (nSPS) is 13.1. The maximum absolute atomic E-state index is 10.5. The zero-order chi connectivity index (χ0) is 10.6. The van der Waals surface area contributed by atoms with Gasteiger partial charge in [-0.2, -0.15) is 0 Å². The van der Waals surface area contributed by atoms with Gasteiger partial charge in [0.05, 0.1) is 26.4 Å². The molecule has 0 aliphatic carbocycles. The minimum Gasteiger partial charge on any atom is -0.382 e. The van der Waals surface area contributed by atoms with E-state index in [0.717, 1.165) is 0 Å². The van der Waals surface area contributed by atoms with Gasteiger partial charge in [0.1, 0.15) is 6.61 Å². The van der Waals surface area contributed by atoms with Crippen molar-refractivity contribution >= 4 is 0 Å². The van der Waals surface area contributed by atoms with Crippen molar-refractivity contribution in [3.63, 3.8) is 0 Å². The van der Waals surface area contributed by atoms with Crippen molar-refractivity contribution in [2.75, 3.05) is 46.8 Å². The van der Waals surface area contributed by atoms with E-state index in [0.29, 0.717) is 33.0 Å². The van der Waals surface area contributed by atoms with Gasteiger partial charge in [0.15, 0.2) is 6.29 Å². The molecule has 0 aromatic rings. The zero-order valence-electron chi connectivity index (χ0n) is 8.86. The fourth-order valence-corrected chi connectivity index (χ4v) is 0.813. The molecular weight excluding hydrogens is 188 g/mol. The highest BCUT2D eigenvalue weighted by Gasteiger charge is 2.06. The number of hydrogen-bond acceptors (Lipinski definition) is 4. The molecule has 0 spiro atoms. The molecule has 5 nitrogen and oxygen atoms in total. The Bertz CT molecular complexity index is 109. The molecule has 0 aromatic heterocycles. The Morgan fingerprint density at radius 2 is 1.79 bits per heavy atom. The average molecular weight is 207 g/mol. The lowest BCUT2D eigenvalue weighted by molar-refractivity contribution is -0.176. The molecular formula is C9H19O5. The van der Waals surface area contributed by atoms with Crippen LogP contribution in [0.2, 0.25) is 0 Å². The fourth-order valence-electron chi connectivity index (χ4n) is 0.813. The smallest absolute Gasteiger partial charge is 0.184 e. The molecule has 1 radical (unpaired) electrons. The maximum Gasteiger partial charge on any atom is 0.184 e. The van der Waals surface area contributed by atoms with Gasteiger partial charge in [0, 0.05) is 13.7 Å². The third-order valence-electron chi connectivity index (χ3n) is 1.45. The molecule has 5 heteroatoms. The summed E-state index contributed by atoms with van der Waals surface area (Å²) in [5.74, 6) is 0. The van der Waals surface area contributed by atoms with Crippen LogP contribution in [0.25, 0.3) is 0 Å². The molecule has 0 fully saturated rings. The summed E-state index contributed by atoms with van der Waals surface area (Å²) in [6.45, 7) is 3.85. The average Bonchev–Trinajstić information content (AvgIpc) is 2.21. The van der Waals surface area contributed by atoms with Gasteiger partial charge in [-0.25, -0.2) is 5.11 Å². The molecule has 0 amide bonds. The van der Waals surface area contributed by atoms with E-state index in [1.807, 2.05) is 6.92 Å². The molecule has 0 bridgehead atoms. The van der Waals surface area contributed by atoms with E-state index in [2.05, 4.69) is 0 Å². The number of methoxy groups -OCH3 is 1. The van der Waals surface area contributed by atoms with E-state index >= 15 is 0 Å². The van der Waals surface area contributed by atoms with Crippen LogP contribution in [0.3, 0.4) is 0 Å². The molecule has 0 aliphatic heterocycles. The second kappa shape index (κ2) is 10.9. The highest BCUT2D eigenvalue weighted by Crippen LogP contribution is 1.93. The van der Waals surface area contributed by atoms with Crippen molar-refractivity contribution < 1.29 is 24.1 Å². The van der Waals surface area contributed by atoms with Crippen molar-refractivity contribution in [3.8, 4) is 0 Å². The number of hydrogen-bond donors (Lipinski definition) is 0. The lowest BCUT2D eigenvalue weighted by Crippen LogP contribution is -2.23. The third kappa shape index (κ3) is 8.40. The molecule has 0 heterocycles. The number of ether oxygens (including phenoxy) is 4. The van der Waals surface area contributed by atoms with Crippen LogP contribution >= 0.6 is 0 Å². The molecule has 0 saturated heterocycles. The summed E-state index contributed by atoms with van der Waals surface area (Å²) < 4.78 is 20.0. The second-order valence-corrected chi connectivity index (χ2v) is 2.53. The van der Waals surface area contributed by atoms with Gasteiger partial charge in [-0.1, -0.05) is 0 Å². The van der Waals surface area contributed by atoms with E-state index in [-0.39, 0.29) is 6.61 Å². The molecule has 1 atom stereocenters. The van der Waals surface area contributed by atoms with Crippen LogP contribution in [0.5, 0.6) is 0 Å². The van der Waals surface area contributed by atoms with Gasteiger partial charge in [-0.05, 0) is 6.92 Å². The minimum absolute atomic E-state index is 0.372. The first-order valence-electron chi connectivity index (χ1n) is 4.73. The van der Waals surface area contributed by atoms with Gasteiger partial charge in [0.2, 0.25) is 0 Å². The van der Waals surface area contributed by atoms with Gasteiger partial charge in [0.25, 0.3) is 0 Å². The summed E-state index contributed by atoms with van der Waals surface area (Å²) in [4.78, 5) is 0. The van der Waals surface area contributed by atoms with Crippen LogP contribution < -0.4 is 0 Å². The van der Waals surface area contributed by atoms with Gasteiger partial charge in [-0.15, -0.1) is 0 Å². The Labute approximate surface area is 84.9 Å². The van der Waals surface area contributed by atoms with Crippen LogP contribution in [0.15, 0.2) is 0 Å². The van der Waals surface area contributed by atoms with Crippen LogP contribution in [0, 0.1) is 0 Å². The van der Waals surface area contributed by atoms with Crippen LogP contribution in [0.1, 0.15) is 6.92 Å². The maximum atomic E-state index is 10.5. The summed E-state index contributed by atoms with van der Waals surface area (Å²) in [5.41, 5.74) is 0. The van der Waals surface area contributed by atoms with Crippen LogP contribution in [0.4, 0.5) is 0 Å².